The fourth-order valence-corrected chi connectivity index (χ4v) is 3.27. The molecular weight excluding hydrogens is 346 g/mol. The van der Waals surface area contributed by atoms with Gasteiger partial charge in [-0.3, -0.25) is 24.7 Å². The summed E-state index contributed by atoms with van der Waals surface area (Å²) in [6, 6.07) is 14.0. The Hall–Kier alpha value is -2.77. The number of piperazine rings is 1. The molecule has 2 aromatic carbocycles. The highest BCUT2D eigenvalue weighted by atomic mass is 16.6. The van der Waals surface area contributed by atoms with Crippen molar-refractivity contribution in [2.24, 2.45) is 0 Å². The molecule has 3 rings (SSSR count). The standard InChI is InChI=1S/C20H23N3O4/c1-27-20-8-7-18(23(25)26)13-17(20)14-21-9-11-22(12-10-21)15-19(24)16-5-3-2-4-6-16/h2-8,13H,9-12,14-15H2,1H3. The molecule has 1 aliphatic rings. The largest absolute Gasteiger partial charge is 0.496 e. The van der Waals surface area contributed by atoms with Crippen molar-refractivity contribution >= 4 is 11.5 Å². The molecule has 1 aliphatic heterocycles. The summed E-state index contributed by atoms with van der Waals surface area (Å²) < 4.78 is 5.34. The number of ketones is 1. The number of ether oxygens (including phenoxy) is 1. The molecule has 1 saturated heterocycles. The third-order valence-electron chi connectivity index (χ3n) is 4.80. The van der Waals surface area contributed by atoms with Crippen LogP contribution < -0.4 is 4.74 Å². The van der Waals surface area contributed by atoms with E-state index in [9.17, 15) is 14.9 Å². The number of nitrogens with zero attached hydrogens (tertiary/aromatic N) is 3. The van der Waals surface area contributed by atoms with Crippen LogP contribution in [0.4, 0.5) is 5.69 Å². The van der Waals surface area contributed by atoms with Gasteiger partial charge in [0, 0.05) is 56.0 Å². The topological polar surface area (TPSA) is 75.9 Å². The maximum atomic E-state index is 12.3. The van der Waals surface area contributed by atoms with Gasteiger partial charge in [0.25, 0.3) is 5.69 Å². The molecule has 0 amide bonds. The predicted octanol–water partition coefficient (Wildman–Crippen LogP) is 2.60. The molecule has 0 aliphatic carbocycles. The Morgan fingerprint density at radius 1 is 1.07 bits per heavy atom. The molecule has 1 heterocycles. The van der Waals surface area contributed by atoms with Crippen molar-refractivity contribution in [1.82, 2.24) is 9.80 Å². The maximum Gasteiger partial charge on any atom is 0.270 e. The van der Waals surface area contributed by atoms with E-state index in [2.05, 4.69) is 9.80 Å². The quantitative estimate of drug-likeness (QED) is 0.424. The highest BCUT2D eigenvalue weighted by Crippen LogP contribution is 2.25. The summed E-state index contributed by atoms with van der Waals surface area (Å²) in [6.07, 6.45) is 0. The van der Waals surface area contributed by atoms with Gasteiger partial charge in [-0.15, -0.1) is 0 Å². The van der Waals surface area contributed by atoms with Crippen LogP contribution in [0.5, 0.6) is 5.75 Å². The Labute approximate surface area is 158 Å². The Kier molecular flexibility index (Phi) is 6.16. The minimum absolute atomic E-state index is 0.0675. The van der Waals surface area contributed by atoms with Gasteiger partial charge in [0.2, 0.25) is 0 Å². The molecule has 0 bridgehead atoms. The number of nitro benzene ring substituents is 1. The third-order valence-corrected chi connectivity index (χ3v) is 4.80. The lowest BCUT2D eigenvalue weighted by Gasteiger charge is -2.34. The van der Waals surface area contributed by atoms with Crippen LogP contribution in [-0.4, -0.2) is 60.3 Å². The van der Waals surface area contributed by atoms with Crippen molar-refractivity contribution in [1.29, 1.82) is 0 Å². The van der Waals surface area contributed by atoms with Crippen LogP contribution in [0.15, 0.2) is 48.5 Å². The number of nitro groups is 1. The monoisotopic (exact) mass is 369 g/mol. The van der Waals surface area contributed by atoms with Crippen molar-refractivity contribution in [3.8, 4) is 5.75 Å². The fraction of sp³-hybridized carbons (Fsp3) is 0.350. The Bertz CT molecular complexity index is 802. The molecule has 0 spiro atoms. The molecule has 0 saturated carbocycles. The molecule has 1 fully saturated rings. The number of methoxy groups -OCH3 is 1. The lowest BCUT2D eigenvalue weighted by Crippen LogP contribution is -2.47. The fourth-order valence-electron chi connectivity index (χ4n) is 3.27. The van der Waals surface area contributed by atoms with Gasteiger partial charge >= 0.3 is 0 Å². The van der Waals surface area contributed by atoms with Gasteiger partial charge in [-0.25, -0.2) is 0 Å². The van der Waals surface area contributed by atoms with E-state index in [-0.39, 0.29) is 11.5 Å². The van der Waals surface area contributed by atoms with Crippen LogP contribution in [0, 0.1) is 10.1 Å². The van der Waals surface area contributed by atoms with Gasteiger partial charge in [-0.05, 0) is 6.07 Å². The van der Waals surface area contributed by atoms with E-state index < -0.39 is 4.92 Å². The first-order valence-corrected chi connectivity index (χ1v) is 8.91. The Morgan fingerprint density at radius 3 is 2.37 bits per heavy atom. The average Bonchev–Trinajstić information content (AvgIpc) is 2.70. The summed E-state index contributed by atoms with van der Waals surface area (Å²) in [6.45, 7) is 4.18. The molecule has 27 heavy (non-hydrogen) atoms. The summed E-state index contributed by atoms with van der Waals surface area (Å²) >= 11 is 0. The van der Waals surface area contributed by atoms with Crippen molar-refractivity contribution in [2.75, 3.05) is 39.8 Å². The van der Waals surface area contributed by atoms with Gasteiger partial charge in [0.15, 0.2) is 5.78 Å². The Balaban J connectivity index is 1.56. The van der Waals surface area contributed by atoms with E-state index in [0.29, 0.717) is 18.8 Å². The molecule has 2 aromatic rings. The van der Waals surface area contributed by atoms with E-state index in [1.807, 2.05) is 30.3 Å². The first kappa shape index (κ1) is 19.0. The molecule has 7 heteroatoms. The summed E-state index contributed by atoms with van der Waals surface area (Å²) in [5.41, 5.74) is 1.61. The maximum absolute atomic E-state index is 12.3. The molecule has 0 radical (unpaired) electrons. The van der Waals surface area contributed by atoms with Gasteiger partial charge in [-0.2, -0.15) is 0 Å². The zero-order valence-electron chi connectivity index (χ0n) is 15.3. The van der Waals surface area contributed by atoms with Crippen LogP contribution in [0.2, 0.25) is 0 Å². The third kappa shape index (κ3) is 4.90. The number of benzene rings is 2. The molecule has 0 aromatic heterocycles. The van der Waals surface area contributed by atoms with Crippen LogP contribution in [0.1, 0.15) is 15.9 Å². The zero-order chi connectivity index (χ0) is 19.2. The van der Waals surface area contributed by atoms with E-state index in [0.717, 1.165) is 37.3 Å². The summed E-state index contributed by atoms with van der Waals surface area (Å²) in [5, 5.41) is 11.0. The number of non-ortho nitro benzene ring substituents is 1. The van der Waals surface area contributed by atoms with E-state index in [1.54, 1.807) is 19.2 Å². The predicted molar refractivity (Wildman–Crippen MR) is 102 cm³/mol. The molecule has 0 N–H and O–H groups in total. The summed E-state index contributed by atoms with van der Waals surface area (Å²) in [4.78, 5) is 27.3. The second-order valence-electron chi connectivity index (χ2n) is 6.59. The zero-order valence-corrected chi connectivity index (χ0v) is 15.3. The Morgan fingerprint density at radius 2 is 1.74 bits per heavy atom. The lowest BCUT2D eigenvalue weighted by atomic mass is 10.1. The smallest absolute Gasteiger partial charge is 0.270 e. The second-order valence-corrected chi connectivity index (χ2v) is 6.59. The minimum Gasteiger partial charge on any atom is -0.496 e. The van der Waals surface area contributed by atoms with Gasteiger partial charge in [0.1, 0.15) is 5.75 Å². The van der Waals surface area contributed by atoms with Crippen LogP contribution in [-0.2, 0) is 6.54 Å². The van der Waals surface area contributed by atoms with Crippen molar-refractivity contribution in [3.05, 3.63) is 69.8 Å². The first-order chi connectivity index (χ1) is 13.1. The van der Waals surface area contributed by atoms with E-state index in [4.69, 9.17) is 4.74 Å². The number of rotatable bonds is 7. The number of carbonyl (C=O) groups is 1. The SMILES string of the molecule is COc1ccc([N+](=O)[O-])cc1CN1CCN(CC(=O)c2ccccc2)CC1. The van der Waals surface area contributed by atoms with Crippen molar-refractivity contribution in [2.45, 2.75) is 6.54 Å². The molecule has 0 unspecified atom stereocenters. The van der Waals surface area contributed by atoms with Crippen LogP contribution in [0.25, 0.3) is 0 Å². The molecule has 7 nitrogen and oxygen atoms in total. The van der Waals surface area contributed by atoms with Crippen molar-refractivity contribution < 1.29 is 14.5 Å². The second kappa shape index (κ2) is 8.75. The minimum atomic E-state index is -0.393. The molecule has 0 atom stereocenters. The first-order valence-electron chi connectivity index (χ1n) is 8.91. The number of hydrogen-bond acceptors (Lipinski definition) is 6. The van der Waals surface area contributed by atoms with E-state index >= 15 is 0 Å². The number of carbonyl (C=O) groups excluding carboxylic acids is 1. The van der Waals surface area contributed by atoms with E-state index in [1.165, 1.54) is 6.07 Å². The van der Waals surface area contributed by atoms with Gasteiger partial charge < -0.3 is 4.74 Å². The van der Waals surface area contributed by atoms with Crippen LogP contribution in [0.3, 0.4) is 0 Å². The van der Waals surface area contributed by atoms with Crippen molar-refractivity contribution in [3.63, 3.8) is 0 Å². The molecule has 142 valence electrons. The average molecular weight is 369 g/mol. The normalized spacial score (nSPS) is 15.4. The number of hydrogen-bond donors (Lipinski definition) is 0. The summed E-state index contributed by atoms with van der Waals surface area (Å²) in [5.74, 6) is 0.784. The summed E-state index contributed by atoms with van der Waals surface area (Å²) in [7, 11) is 1.57. The highest BCUT2D eigenvalue weighted by Gasteiger charge is 2.21. The molecular formula is C20H23N3O4. The van der Waals surface area contributed by atoms with Gasteiger partial charge in [-0.1, -0.05) is 30.3 Å². The highest BCUT2D eigenvalue weighted by molar-refractivity contribution is 5.97. The van der Waals surface area contributed by atoms with Crippen LogP contribution >= 0.6 is 0 Å². The van der Waals surface area contributed by atoms with Gasteiger partial charge in [0.05, 0.1) is 18.6 Å². The number of Topliss-reactive ketones (excluding diaryl/α,β-unsaturated/α-hetero) is 1. The lowest BCUT2D eigenvalue weighted by molar-refractivity contribution is -0.385.